The van der Waals surface area contributed by atoms with Crippen LogP contribution in [0, 0.1) is 13.8 Å². The van der Waals surface area contributed by atoms with Crippen molar-refractivity contribution in [3.05, 3.63) is 28.5 Å². The Labute approximate surface area is 91.5 Å². The maximum atomic E-state index is 5.72. The van der Waals surface area contributed by atoms with E-state index in [2.05, 4.69) is 18.0 Å². The van der Waals surface area contributed by atoms with Crippen molar-refractivity contribution in [1.29, 1.82) is 0 Å². The molecule has 74 valence electrons. The normalized spacial score (nSPS) is 10.8. The Bertz CT molecular complexity index is 447. The molecule has 0 spiro atoms. The summed E-state index contributed by atoms with van der Waals surface area (Å²) in [7, 11) is 0. The third kappa shape index (κ3) is 1.70. The standard InChI is InChI=1S/C10H10ClNOS/c1-6-3-4-9(14-6)10-12-8(5-11)7(2)13-10/h3-4H,5H2,1-2H3. The van der Waals surface area contributed by atoms with Crippen LogP contribution in [0.5, 0.6) is 0 Å². The summed E-state index contributed by atoms with van der Waals surface area (Å²) in [6, 6.07) is 4.07. The molecule has 14 heavy (non-hydrogen) atoms. The second kappa shape index (κ2) is 3.75. The lowest BCUT2D eigenvalue weighted by molar-refractivity contribution is 0.542. The highest BCUT2D eigenvalue weighted by molar-refractivity contribution is 7.15. The summed E-state index contributed by atoms with van der Waals surface area (Å²) in [5.74, 6) is 1.89. The zero-order valence-corrected chi connectivity index (χ0v) is 9.58. The van der Waals surface area contributed by atoms with Gasteiger partial charge in [-0.3, -0.25) is 0 Å². The highest BCUT2D eigenvalue weighted by Crippen LogP contribution is 2.28. The Morgan fingerprint density at radius 2 is 2.21 bits per heavy atom. The Morgan fingerprint density at radius 1 is 1.43 bits per heavy atom. The van der Waals surface area contributed by atoms with Gasteiger partial charge in [0, 0.05) is 4.88 Å². The van der Waals surface area contributed by atoms with Crippen LogP contribution in [0.2, 0.25) is 0 Å². The first-order valence-corrected chi connectivity index (χ1v) is 5.65. The number of aryl methyl sites for hydroxylation is 2. The van der Waals surface area contributed by atoms with E-state index in [0.717, 1.165) is 16.3 Å². The minimum Gasteiger partial charge on any atom is -0.440 e. The summed E-state index contributed by atoms with van der Waals surface area (Å²) in [6.07, 6.45) is 0. The molecule has 0 aliphatic carbocycles. The van der Waals surface area contributed by atoms with Crippen molar-refractivity contribution in [2.75, 3.05) is 0 Å². The predicted molar refractivity (Wildman–Crippen MR) is 58.8 cm³/mol. The van der Waals surface area contributed by atoms with Crippen molar-refractivity contribution in [3.63, 3.8) is 0 Å². The van der Waals surface area contributed by atoms with E-state index in [4.69, 9.17) is 16.0 Å². The van der Waals surface area contributed by atoms with Gasteiger partial charge in [0.05, 0.1) is 16.5 Å². The average Bonchev–Trinajstić information content (AvgIpc) is 2.71. The van der Waals surface area contributed by atoms with Gasteiger partial charge in [0.25, 0.3) is 0 Å². The summed E-state index contributed by atoms with van der Waals surface area (Å²) in [5, 5.41) is 0. The van der Waals surface area contributed by atoms with Crippen molar-refractivity contribution in [1.82, 2.24) is 4.98 Å². The van der Waals surface area contributed by atoms with E-state index < -0.39 is 0 Å². The van der Waals surface area contributed by atoms with Crippen molar-refractivity contribution in [3.8, 4) is 10.8 Å². The quantitative estimate of drug-likeness (QED) is 0.731. The van der Waals surface area contributed by atoms with Crippen LogP contribution in [0.15, 0.2) is 16.5 Å². The van der Waals surface area contributed by atoms with E-state index in [9.17, 15) is 0 Å². The summed E-state index contributed by atoms with van der Waals surface area (Å²) in [4.78, 5) is 6.63. The van der Waals surface area contributed by atoms with Gasteiger partial charge < -0.3 is 4.42 Å². The third-order valence-corrected chi connectivity index (χ3v) is 3.21. The van der Waals surface area contributed by atoms with Crippen LogP contribution in [-0.2, 0) is 5.88 Å². The molecule has 0 bridgehead atoms. The summed E-state index contributed by atoms with van der Waals surface area (Å²) in [6.45, 7) is 3.95. The topological polar surface area (TPSA) is 26.0 Å². The van der Waals surface area contributed by atoms with E-state index in [1.165, 1.54) is 4.88 Å². The van der Waals surface area contributed by atoms with Crippen molar-refractivity contribution in [2.45, 2.75) is 19.7 Å². The van der Waals surface area contributed by atoms with Gasteiger partial charge in [-0.05, 0) is 26.0 Å². The number of thiophene rings is 1. The number of aromatic nitrogens is 1. The number of rotatable bonds is 2. The van der Waals surface area contributed by atoms with Gasteiger partial charge in [-0.1, -0.05) is 0 Å². The highest BCUT2D eigenvalue weighted by atomic mass is 35.5. The summed E-state index contributed by atoms with van der Waals surface area (Å²) in [5.41, 5.74) is 0.827. The molecule has 4 heteroatoms. The smallest absolute Gasteiger partial charge is 0.236 e. The van der Waals surface area contributed by atoms with Gasteiger partial charge >= 0.3 is 0 Å². The van der Waals surface area contributed by atoms with E-state index in [0.29, 0.717) is 11.8 Å². The molecule has 0 aliphatic heterocycles. The number of hydrogen-bond donors (Lipinski definition) is 0. The molecule has 2 aromatic heterocycles. The molecule has 0 fully saturated rings. The molecule has 2 heterocycles. The van der Waals surface area contributed by atoms with Gasteiger partial charge in [-0.25, -0.2) is 4.98 Å². The maximum absolute atomic E-state index is 5.72. The zero-order chi connectivity index (χ0) is 10.1. The molecule has 2 aromatic rings. The molecule has 0 saturated heterocycles. The number of nitrogens with zero attached hydrogens (tertiary/aromatic N) is 1. The second-order valence-electron chi connectivity index (χ2n) is 3.07. The first-order valence-electron chi connectivity index (χ1n) is 4.30. The molecular formula is C10H10ClNOS. The highest BCUT2D eigenvalue weighted by Gasteiger charge is 2.11. The molecule has 0 amide bonds. The van der Waals surface area contributed by atoms with Crippen molar-refractivity contribution in [2.24, 2.45) is 0 Å². The number of hydrogen-bond acceptors (Lipinski definition) is 3. The van der Waals surface area contributed by atoms with Gasteiger partial charge in [0.15, 0.2) is 0 Å². The lowest BCUT2D eigenvalue weighted by Crippen LogP contribution is -1.79. The van der Waals surface area contributed by atoms with Crippen molar-refractivity contribution < 1.29 is 4.42 Å². The molecule has 0 saturated carbocycles. The van der Waals surface area contributed by atoms with Gasteiger partial charge in [0.1, 0.15) is 5.76 Å². The molecular weight excluding hydrogens is 218 g/mol. The van der Waals surface area contributed by atoms with Crippen LogP contribution in [-0.4, -0.2) is 4.98 Å². The second-order valence-corrected chi connectivity index (χ2v) is 4.62. The van der Waals surface area contributed by atoms with Gasteiger partial charge in [-0.2, -0.15) is 0 Å². The molecule has 0 atom stereocenters. The van der Waals surface area contributed by atoms with Crippen LogP contribution in [0.4, 0.5) is 0 Å². The molecule has 2 rings (SSSR count). The third-order valence-electron chi connectivity index (χ3n) is 1.97. The molecule has 0 unspecified atom stereocenters. The van der Waals surface area contributed by atoms with Crippen LogP contribution < -0.4 is 0 Å². The van der Waals surface area contributed by atoms with Gasteiger partial charge in [-0.15, -0.1) is 22.9 Å². The van der Waals surface area contributed by atoms with Crippen LogP contribution in [0.3, 0.4) is 0 Å². The fourth-order valence-corrected chi connectivity index (χ4v) is 2.25. The predicted octanol–water partition coefficient (Wildman–Crippen LogP) is 3.76. The minimum absolute atomic E-state index is 0.402. The molecule has 0 N–H and O–H groups in total. The average molecular weight is 228 g/mol. The van der Waals surface area contributed by atoms with E-state index >= 15 is 0 Å². The lowest BCUT2D eigenvalue weighted by Gasteiger charge is -1.85. The Kier molecular flexibility index (Phi) is 2.61. The Hall–Kier alpha value is -0.800. The summed E-state index contributed by atoms with van der Waals surface area (Å²) < 4.78 is 5.52. The van der Waals surface area contributed by atoms with Crippen LogP contribution >= 0.6 is 22.9 Å². The van der Waals surface area contributed by atoms with E-state index in [1.807, 2.05) is 13.0 Å². The number of halogens is 1. The Morgan fingerprint density at radius 3 is 2.71 bits per heavy atom. The minimum atomic E-state index is 0.402. The molecule has 0 radical (unpaired) electrons. The maximum Gasteiger partial charge on any atom is 0.236 e. The molecule has 0 aliphatic rings. The first kappa shape index (κ1) is 9.74. The molecule has 2 nitrogen and oxygen atoms in total. The number of oxazole rings is 1. The number of alkyl halides is 1. The fourth-order valence-electron chi connectivity index (χ4n) is 1.21. The fraction of sp³-hybridized carbons (Fsp3) is 0.300. The lowest BCUT2D eigenvalue weighted by atomic mass is 10.4. The van der Waals surface area contributed by atoms with E-state index in [-0.39, 0.29) is 0 Å². The van der Waals surface area contributed by atoms with E-state index in [1.54, 1.807) is 11.3 Å². The van der Waals surface area contributed by atoms with Crippen LogP contribution in [0.25, 0.3) is 10.8 Å². The largest absolute Gasteiger partial charge is 0.440 e. The monoisotopic (exact) mass is 227 g/mol. The van der Waals surface area contributed by atoms with Gasteiger partial charge in [0.2, 0.25) is 5.89 Å². The Balaban J connectivity index is 2.42. The summed E-state index contributed by atoms with van der Waals surface area (Å²) >= 11 is 7.39. The first-order chi connectivity index (χ1) is 6.70. The van der Waals surface area contributed by atoms with Crippen molar-refractivity contribution >= 4 is 22.9 Å². The zero-order valence-electron chi connectivity index (χ0n) is 8.00. The molecule has 0 aromatic carbocycles. The SMILES string of the molecule is Cc1ccc(-c2nc(CCl)c(C)o2)s1. The van der Waals surface area contributed by atoms with Crippen LogP contribution in [0.1, 0.15) is 16.3 Å².